The molecule has 1 atom stereocenters. The third kappa shape index (κ3) is 4.25. The van der Waals surface area contributed by atoms with E-state index in [2.05, 4.69) is 11.2 Å². The number of aldehydes is 1. The van der Waals surface area contributed by atoms with Crippen LogP contribution in [0.25, 0.3) is 28.1 Å². The first-order valence-corrected chi connectivity index (χ1v) is 9.82. The van der Waals surface area contributed by atoms with Crippen LogP contribution in [-0.4, -0.2) is 28.2 Å². The number of carbonyl (C=O) groups is 1. The lowest BCUT2D eigenvalue weighted by atomic mass is 10.0. The van der Waals surface area contributed by atoms with Crippen LogP contribution in [0.15, 0.2) is 72.9 Å². The number of anilines is 1. The lowest BCUT2D eigenvalue weighted by Crippen LogP contribution is -2.23. The Hall–Kier alpha value is -3.77. The molecule has 0 aliphatic heterocycles. The summed E-state index contributed by atoms with van der Waals surface area (Å²) in [4.78, 5) is 12.1. The van der Waals surface area contributed by atoms with E-state index in [0.29, 0.717) is 23.1 Å². The topological polar surface area (TPSA) is 58.4 Å². The lowest BCUT2D eigenvalue weighted by molar-refractivity contribution is -0.104. The van der Waals surface area contributed by atoms with Crippen LogP contribution in [0.2, 0.25) is 0 Å². The highest BCUT2D eigenvalue weighted by Gasteiger charge is 2.16. The summed E-state index contributed by atoms with van der Waals surface area (Å²) >= 11 is 0. The molecule has 6 heteroatoms. The first-order chi connectivity index (χ1) is 15.0. The zero-order valence-electron chi connectivity index (χ0n) is 17.2. The first kappa shape index (κ1) is 20.5. The molecule has 0 saturated heterocycles. The van der Waals surface area contributed by atoms with Crippen molar-refractivity contribution in [2.45, 2.75) is 6.23 Å². The predicted octanol–water partition coefficient (Wildman–Crippen LogP) is 4.72. The number of rotatable bonds is 6. The molecule has 0 bridgehead atoms. The second-order valence-corrected chi connectivity index (χ2v) is 7.39. The quantitative estimate of drug-likeness (QED) is 0.281. The molecule has 156 valence electrons. The molecular weight excluding hydrogens is 393 g/mol. The summed E-state index contributed by atoms with van der Waals surface area (Å²) in [5.41, 5.74) is 4.88. The Labute approximate surface area is 179 Å². The van der Waals surface area contributed by atoms with Crippen LogP contribution in [0.5, 0.6) is 0 Å². The summed E-state index contributed by atoms with van der Waals surface area (Å²) < 4.78 is 15.8. The zero-order chi connectivity index (χ0) is 22.0. The van der Waals surface area contributed by atoms with Gasteiger partial charge in [0.25, 0.3) is 0 Å². The number of fused-ring (bicyclic) bond motifs is 1. The highest BCUT2D eigenvalue weighted by atomic mass is 19.1. The van der Waals surface area contributed by atoms with E-state index in [4.69, 9.17) is 0 Å². The Morgan fingerprint density at radius 3 is 2.55 bits per heavy atom. The van der Waals surface area contributed by atoms with Gasteiger partial charge >= 0.3 is 0 Å². The van der Waals surface area contributed by atoms with Crippen LogP contribution in [-0.2, 0) is 11.8 Å². The Morgan fingerprint density at radius 1 is 1.06 bits per heavy atom. The molecule has 3 aromatic carbocycles. The van der Waals surface area contributed by atoms with Crippen molar-refractivity contribution in [1.29, 1.82) is 0 Å². The van der Waals surface area contributed by atoms with Crippen LogP contribution in [0.1, 0.15) is 17.4 Å². The van der Waals surface area contributed by atoms with Crippen LogP contribution < -0.4 is 4.90 Å². The van der Waals surface area contributed by atoms with Gasteiger partial charge in [-0.1, -0.05) is 36.4 Å². The third-order valence-electron chi connectivity index (χ3n) is 5.33. The molecule has 4 aromatic rings. The number of nitrogens with zero attached hydrogens (tertiary/aromatic N) is 3. The van der Waals surface area contributed by atoms with E-state index in [0.717, 1.165) is 22.0 Å². The molecule has 0 spiro atoms. The molecule has 1 aromatic heterocycles. The number of hydrogen-bond donors (Lipinski definition) is 1. The van der Waals surface area contributed by atoms with E-state index >= 15 is 0 Å². The average molecular weight is 415 g/mol. The predicted molar refractivity (Wildman–Crippen MR) is 121 cm³/mol. The summed E-state index contributed by atoms with van der Waals surface area (Å²) in [7, 11) is 3.60. The molecule has 1 unspecified atom stereocenters. The Kier molecular flexibility index (Phi) is 5.64. The molecule has 0 aliphatic carbocycles. The molecule has 0 fully saturated rings. The Balaban J connectivity index is 1.57. The van der Waals surface area contributed by atoms with Crippen molar-refractivity contribution in [3.63, 3.8) is 0 Å². The van der Waals surface area contributed by atoms with Gasteiger partial charge in [0, 0.05) is 30.7 Å². The molecule has 0 amide bonds. The fourth-order valence-electron chi connectivity index (χ4n) is 3.60. The van der Waals surface area contributed by atoms with Crippen molar-refractivity contribution in [2.75, 3.05) is 11.9 Å². The van der Waals surface area contributed by atoms with Gasteiger partial charge in [0.05, 0.1) is 11.7 Å². The van der Waals surface area contributed by atoms with Gasteiger partial charge in [-0.2, -0.15) is 5.10 Å². The second kappa shape index (κ2) is 8.53. The van der Waals surface area contributed by atoms with Gasteiger partial charge in [-0.3, -0.25) is 9.48 Å². The normalized spacial score (nSPS) is 12.4. The molecule has 1 N–H and O–H groups in total. The maximum atomic E-state index is 14.0. The van der Waals surface area contributed by atoms with Crippen molar-refractivity contribution in [2.24, 2.45) is 7.05 Å². The van der Waals surface area contributed by atoms with E-state index in [1.807, 2.05) is 54.3 Å². The van der Waals surface area contributed by atoms with Crippen molar-refractivity contribution in [3.8, 4) is 11.1 Å². The standard InChI is InChI=1S/C25H22FN3O2/c1-28(23-13-17(4-3-11-30)12-22(26)15-23)25(31)19-7-5-18(6-8-19)20-9-10-24-21(14-20)16-27-29(24)2/h3-16,25,31H,1-2H3/b4-3+. The van der Waals surface area contributed by atoms with Gasteiger partial charge in [0.15, 0.2) is 6.23 Å². The summed E-state index contributed by atoms with van der Waals surface area (Å²) in [6, 6.07) is 18.2. The maximum absolute atomic E-state index is 14.0. The highest BCUT2D eigenvalue weighted by Crippen LogP contribution is 2.29. The molecule has 31 heavy (non-hydrogen) atoms. The van der Waals surface area contributed by atoms with Gasteiger partial charge in [-0.05, 0) is 53.1 Å². The molecular formula is C25H22FN3O2. The number of halogens is 1. The highest BCUT2D eigenvalue weighted by molar-refractivity contribution is 5.84. The zero-order valence-corrected chi connectivity index (χ0v) is 17.2. The number of allylic oxidation sites excluding steroid dienone is 1. The van der Waals surface area contributed by atoms with Gasteiger partial charge in [-0.25, -0.2) is 4.39 Å². The van der Waals surface area contributed by atoms with E-state index in [-0.39, 0.29) is 0 Å². The van der Waals surface area contributed by atoms with Gasteiger partial charge in [-0.15, -0.1) is 0 Å². The Morgan fingerprint density at radius 2 is 1.81 bits per heavy atom. The lowest BCUT2D eigenvalue weighted by Gasteiger charge is -2.26. The number of aliphatic hydroxyl groups is 1. The summed E-state index contributed by atoms with van der Waals surface area (Å²) in [6.45, 7) is 0. The minimum Gasteiger partial charge on any atom is -0.369 e. The van der Waals surface area contributed by atoms with Gasteiger partial charge in [0.2, 0.25) is 0 Å². The minimum atomic E-state index is -0.959. The first-order valence-electron chi connectivity index (χ1n) is 9.82. The van der Waals surface area contributed by atoms with E-state index in [1.165, 1.54) is 24.3 Å². The van der Waals surface area contributed by atoms with Crippen LogP contribution in [0.4, 0.5) is 10.1 Å². The molecule has 4 rings (SSSR count). The SMILES string of the molecule is CN(c1cc(F)cc(/C=C/C=O)c1)C(O)c1ccc(-c2ccc3c(cnn3C)c2)cc1. The van der Waals surface area contributed by atoms with Crippen LogP contribution in [0, 0.1) is 5.82 Å². The van der Waals surface area contributed by atoms with Crippen molar-refractivity contribution in [1.82, 2.24) is 9.78 Å². The number of aryl methyl sites for hydroxylation is 1. The Bertz CT molecular complexity index is 1260. The third-order valence-corrected chi connectivity index (χ3v) is 5.33. The second-order valence-electron chi connectivity index (χ2n) is 7.39. The summed E-state index contributed by atoms with van der Waals surface area (Å²) in [5.74, 6) is -0.441. The van der Waals surface area contributed by atoms with E-state index in [1.54, 1.807) is 18.0 Å². The fourth-order valence-corrected chi connectivity index (χ4v) is 3.60. The average Bonchev–Trinajstić information content (AvgIpc) is 3.16. The molecule has 0 aliphatic rings. The van der Waals surface area contributed by atoms with Crippen molar-refractivity contribution >= 4 is 29.0 Å². The largest absolute Gasteiger partial charge is 0.369 e. The van der Waals surface area contributed by atoms with Crippen LogP contribution in [0.3, 0.4) is 0 Å². The summed E-state index contributed by atoms with van der Waals surface area (Å²) in [6.07, 6.45) is 4.34. The van der Waals surface area contributed by atoms with E-state index in [9.17, 15) is 14.3 Å². The minimum absolute atomic E-state index is 0.441. The molecule has 0 saturated carbocycles. The molecule has 5 nitrogen and oxygen atoms in total. The summed E-state index contributed by atoms with van der Waals surface area (Å²) in [5, 5.41) is 16.2. The number of aromatic nitrogens is 2. The molecule has 1 heterocycles. The number of aliphatic hydroxyl groups excluding tert-OH is 1. The smallest absolute Gasteiger partial charge is 0.153 e. The van der Waals surface area contributed by atoms with Crippen molar-refractivity contribution < 1.29 is 14.3 Å². The number of carbonyl (C=O) groups excluding carboxylic acids is 1. The monoisotopic (exact) mass is 415 g/mol. The van der Waals surface area contributed by atoms with Crippen molar-refractivity contribution in [3.05, 3.63) is 89.9 Å². The van der Waals surface area contributed by atoms with Crippen LogP contribution >= 0.6 is 0 Å². The van der Waals surface area contributed by atoms with E-state index < -0.39 is 12.0 Å². The van der Waals surface area contributed by atoms with Gasteiger partial charge < -0.3 is 10.0 Å². The molecule has 0 radical (unpaired) electrons. The fraction of sp³-hybridized carbons (Fsp3) is 0.120. The number of benzene rings is 3. The maximum Gasteiger partial charge on any atom is 0.153 e. The van der Waals surface area contributed by atoms with Gasteiger partial charge in [0.1, 0.15) is 12.1 Å². The number of hydrogen-bond acceptors (Lipinski definition) is 4.